The summed E-state index contributed by atoms with van der Waals surface area (Å²) in [5.41, 5.74) is 3.20. The number of nitrogens with zero attached hydrogens (tertiary/aromatic N) is 1. The number of aromatic carboxylic acids is 1. The molecule has 1 aromatic heterocycles. The average Bonchev–Trinajstić information content (AvgIpc) is 3.14. The molecule has 2 unspecified atom stereocenters. The SMILES string of the molecule is CC(C)c1c(C(=O)[O-])c(-c2ccccc2)c(-c2ccc(F)cc2)n1CCC1CC(O)CC(=O)O1. The highest BCUT2D eigenvalue weighted by Gasteiger charge is 2.30. The maximum Gasteiger partial charge on any atom is 0.308 e. The highest BCUT2D eigenvalue weighted by Crippen LogP contribution is 2.42. The van der Waals surface area contributed by atoms with Crippen molar-refractivity contribution in [2.45, 2.75) is 57.8 Å². The molecule has 0 bridgehead atoms. The number of benzene rings is 2. The van der Waals surface area contributed by atoms with Crippen LogP contribution in [0.25, 0.3) is 22.4 Å². The number of aliphatic hydroxyl groups is 1. The molecule has 1 aliphatic rings. The molecule has 0 radical (unpaired) electrons. The number of carbonyl (C=O) groups excluding carboxylic acids is 2. The first-order valence-corrected chi connectivity index (χ1v) is 11.4. The van der Waals surface area contributed by atoms with E-state index in [0.29, 0.717) is 47.5 Å². The van der Waals surface area contributed by atoms with Gasteiger partial charge in [0.05, 0.1) is 24.2 Å². The van der Waals surface area contributed by atoms with Gasteiger partial charge in [-0.3, -0.25) is 4.79 Å². The molecule has 2 heterocycles. The lowest BCUT2D eigenvalue weighted by Gasteiger charge is -2.27. The Morgan fingerprint density at radius 1 is 1.15 bits per heavy atom. The first-order chi connectivity index (χ1) is 16.3. The van der Waals surface area contributed by atoms with E-state index in [4.69, 9.17) is 4.74 Å². The van der Waals surface area contributed by atoms with Gasteiger partial charge >= 0.3 is 5.97 Å². The van der Waals surface area contributed by atoms with E-state index in [2.05, 4.69) is 0 Å². The van der Waals surface area contributed by atoms with Gasteiger partial charge in [0.1, 0.15) is 11.9 Å². The number of carbonyl (C=O) groups is 2. The molecule has 7 heteroatoms. The smallest absolute Gasteiger partial charge is 0.308 e. The minimum atomic E-state index is -1.29. The number of rotatable bonds is 7. The fourth-order valence-corrected chi connectivity index (χ4v) is 4.78. The Morgan fingerprint density at radius 3 is 2.41 bits per heavy atom. The van der Waals surface area contributed by atoms with Crippen LogP contribution in [0, 0.1) is 5.82 Å². The van der Waals surface area contributed by atoms with Gasteiger partial charge in [-0.15, -0.1) is 0 Å². The van der Waals surface area contributed by atoms with Gasteiger partial charge in [0.2, 0.25) is 0 Å². The van der Waals surface area contributed by atoms with E-state index in [1.165, 1.54) is 12.1 Å². The lowest BCUT2D eigenvalue weighted by Crippen LogP contribution is -2.33. The molecule has 2 aromatic carbocycles. The molecular formula is C27H27FNO5-. The summed E-state index contributed by atoms with van der Waals surface area (Å²) in [5.74, 6) is -2.29. The maximum atomic E-state index is 13.7. The number of halogens is 1. The van der Waals surface area contributed by atoms with Crippen molar-refractivity contribution >= 4 is 11.9 Å². The fraction of sp³-hybridized carbons (Fsp3) is 0.333. The van der Waals surface area contributed by atoms with Crippen LogP contribution in [0.1, 0.15) is 55.1 Å². The zero-order valence-corrected chi connectivity index (χ0v) is 19.2. The zero-order chi connectivity index (χ0) is 24.4. The Balaban J connectivity index is 1.91. The number of carboxylic acid groups (broad SMARTS) is 1. The van der Waals surface area contributed by atoms with E-state index in [1.54, 1.807) is 12.1 Å². The first kappa shape index (κ1) is 23.7. The number of aromatic nitrogens is 1. The van der Waals surface area contributed by atoms with Gasteiger partial charge in [-0.05, 0) is 41.3 Å². The normalized spacial score (nSPS) is 18.2. The van der Waals surface area contributed by atoms with Crippen molar-refractivity contribution in [1.29, 1.82) is 0 Å². The third-order valence-electron chi connectivity index (χ3n) is 6.14. The maximum absolute atomic E-state index is 13.7. The first-order valence-electron chi connectivity index (χ1n) is 11.4. The molecule has 1 saturated heterocycles. The van der Waals surface area contributed by atoms with Crippen LogP contribution in [0.5, 0.6) is 0 Å². The van der Waals surface area contributed by atoms with Gasteiger partial charge in [0.15, 0.2) is 0 Å². The van der Waals surface area contributed by atoms with Crippen LogP contribution in [-0.2, 0) is 16.1 Å². The van der Waals surface area contributed by atoms with Crippen LogP contribution >= 0.6 is 0 Å². The molecule has 0 amide bonds. The third kappa shape index (κ3) is 4.75. The van der Waals surface area contributed by atoms with Crippen molar-refractivity contribution in [1.82, 2.24) is 4.57 Å². The Bertz CT molecular complexity index is 1180. The second-order valence-corrected chi connectivity index (χ2v) is 8.94. The summed E-state index contributed by atoms with van der Waals surface area (Å²) in [5, 5.41) is 22.5. The van der Waals surface area contributed by atoms with Gasteiger partial charge in [0, 0.05) is 36.2 Å². The standard InChI is InChI=1S/C27H28FNO5/c1-16(2)25-24(27(32)33)23(17-6-4-3-5-7-17)26(18-8-10-19(28)11-9-18)29(25)13-12-21-14-20(30)15-22(31)34-21/h3-11,16,20-21,30H,12-15H2,1-2H3,(H,32,33)/p-1. The van der Waals surface area contributed by atoms with Gasteiger partial charge in [-0.2, -0.15) is 0 Å². The van der Waals surface area contributed by atoms with Gasteiger partial charge in [-0.25, -0.2) is 4.39 Å². The predicted molar refractivity (Wildman–Crippen MR) is 123 cm³/mol. The highest BCUT2D eigenvalue weighted by atomic mass is 19.1. The summed E-state index contributed by atoms with van der Waals surface area (Å²) < 4.78 is 21.1. The Kier molecular flexibility index (Phi) is 6.84. The number of ether oxygens (including phenoxy) is 1. The second kappa shape index (κ2) is 9.81. The molecule has 1 fully saturated rings. The topological polar surface area (TPSA) is 91.6 Å². The van der Waals surface area contributed by atoms with Crippen LogP contribution < -0.4 is 5.11 Å². The van der Waals surface area contributed by atoms with Crippen LogP contribution in [0.4, 0.5) is 4.39 Å². The molecule has 1 aliphatic heterocycles. The van der Waals surface area contributed by atoms with E-state index in [9.17, 15) is 24.2 Å². The van der Waals surface area contributed by atoms with Crippen LogP contribution in [-0.4, -0.2) is 33.8 Å². The molecule has 0 saturated carbocycles. The van der Waals surface area contributed by atoms with E-state index >= 15 is 0 Å². The number of hydrogen-bond acceptors (Lipinski definition) is 5. The fourth-order valence-electron chi connectivity index (χ4n) is 4.78. The molecule has 34 heavy (non-hydrogen) atoms. The minimum Gasteiger partial charge on any atom is -0.545 e. The molecule has 0 aliphatic carbocycles. The van der Waals surface area contributed by atoms with Crippen LogP contribution in [0.15, 0.2) is 54.6 Å². The largest absolute Gasteiger partial charge is 0.545 e. The quantitative estimate of drug-likeness (QED) is 0.536. The average molecular weight is 465 g/mol. The van der Waals surface area contributed by atoms with Gasteiger partial charge < -0.3 is 24.3 Å². The summed E-state index contributed by atoms with van der Waals surface area (Å²) in [6, 6.07) is 15.1. The van der Waals surface area contributed by atoms with Gasteiger partial charge in [-0.1, -0.05) is 44.2 Å². The molecule has 1 N–H and O–H groups in total. The Labute approximate surface area is 197 Å². The lowest BCUT2D eigenvalue weighted by atomic mass is 9.95. The summed E-state index contributed by atoms with van der Waals surface area (Å²) in [7, 11) is 0. The van der Waals surface area contributed by atoms with Crippen LogP contribution in [0.2, 0.25) is 0 Å². The summed E-state index contributed by atoms with van der Waals surface area (Å²) in [4.78, 5) is 24.3. The van der Waals surface area contributed by atoms with Gasteiger partial charge in [0.25, 0.3) is 0 Å². The second-order valence-electron chi connectivity index (χ2n) is 8.94. The summed E-state index contributed by atoms with van der Waals surface area (Å²) >= 11 is 0. The Hall–Kier alpha value is -3.45. The molecule has 178 valence electrons. The van der Waals surface area contributed by atoms with E-state index in [1.807, 2.05) is 48.7 Å². The Morgan fingerprint density at radius 2 is 1.82 bits per heavy atom. The van der Waals surface area contributed by atoms with Crippen molar-refractivity contribution in [3.63, 3.8) is 0 Å². The van der Waals surface area contributed by atoms with Crippen molar-refractivity contribution in [2.24, 2.45) is 0 Å². The molecular weight excluding hydrogens is 437 g/mol. The number of esters is 1. The zero-order valence-electron chi connectivity index (χ0n) is 19.2. The van der Waals surface area contributed by atoms with Crippen molar-refractivity contribution in [3.8, 4) is 22.4 Å². The number of carboxylic acids is 1. The molecule has 0 spiro atoms. The minimum absolute atomic E-state index is 0.0227. The number of cyclic esters (lactones) is 1. The summed E-state index contributed by atoms with van der Waals surface area (Å²) in [6.45, 7) is 4.16. The molecule has 3 aromatic rings. The lowest BCUT2D eigenvalue weighted by molar-refractivity contribution is -0.255. The summed E-state index contributed by atoms with van der Waals surface area (Å²) in [6.07, 6.45) is -0.534. The predicted octanol–water partition coefficient (Wildman–Crippen LogP) is 3.90. The van der Waals surface area contributed by atoms with E-state index in [0.717, 1.165) is 0 Å². The van der Waals surface area contributed by atoms with E-state index < -0.39 is 30.0 Å². The van der Waals surface area contributed by atoms with Crippen molar-refractivity contribution in [2.75, 3.05) is 0 Å². The van der Waals surface area contributed by atoms with Crippen molar-refractivity contribution < 1.29 is 28.9 Å². The third-order valence-corrected chi connectivity index (χ3v) is 6.14. The molecule has 4 rings (SSSR count). The monoisotopic (exact) mass is 464 g/mol. The van der Waals surface area contributed by atoms with Crippen LogP contribution in [0.3, 0.4) is 0 Å². The van der Waals surface area contributed by atoms with E-state index in [-0.39, 0.29) is 17.9 Å². The molecule has 6 nitrogen and oxygen atoms in total. The number of aliphatic hydroxyl groups excluding tert-OH is 1. The van der Waals surface area contributed by atoms with Crippen molar-refractivity contribution in [3.05, 3.63) is 71.7 Å². The number of hydrogen-bond donors (Lipinski definition) is 1. The molecule has 2 atom stereocenters. The highest BCUT2D eigenvalue weighted by molar-refractivity contribution is 6.02.